The summed E-state index contributed by atoms with van der Waals surface area (Å²) in [4.78, 5) is 15.2. The Labute approximate surface area is 118 Å². The largest absolute Gasteiger partial charge is 0.342 e. The van der Waals surface area contributed by atoms with Crippen LogP contribution in [0.4, 0.5) is 0 Å². The number of nitrogens with one attached hydrogen (secondary N) is 1. The third kappa shape index (κ3) is 2.96. The highest BCUT2D eigenvalue weighted by molar-refractivity contribution is 5.83. The van der Waals surface area contributed by atoms with Crippen LogP contribution in [0.2, 0.25) is 0 Å². The highest BCUT2D eigenvalue weighted by Gasteiger charge is 2.46. The lowest BCUT2D eigenvalue weighted by molar-refractivity contribution is -0.143. The molecule has 19 heavy (non-hydrogen) atoms. The van der Waals surface area contributed by atoms with Gasteiger partial charge in [0.25, 0.3) is 0 Å². The molecule has 0 radical (unpaired) electrons. The predicted octanol–water partition coefficient (Wildman–Crippen LogP) is 2.66. The summed E-state index contributed by atoms with van der Waals surface area (Å²) in [5.41, 5.74) is 0.252. The van der Waals surface area contributed by atoms with Crippen LogP contribution >= 0.6 is 0 Å². The highest BCUT2D eigenvalue weighted by atomic mass is 16.2. The number of carbonyl (C=O) groups is 1. The zero-order chi connectivity index (χ0) is 14.1. The van der Waals surface area contributed by atoms with Crippen LogP contribution in [0.25, 0.3) is 0 Å². The van der Waals surface area contributed by atoms with Gasteiger partial charge >= 0.3 is 0 Å². The number of amides is 1. The van der Waals surface area contributed by atoms with Crippen LogP contribution < -0.4 is 5.32 Å². The molecule has 1 N–H and O–H groups in total. The fourth-order valence-electron chi connectivity index (χ4n) is 3.57. The zero-order valence-electron chi connectivity index (χ0n) is 13.1. The molecule has 2 fully saturated rings. The number of rotatable bonds is 2. The van der Waals surface area contributed by atoms with Crippen molar-refractivity contribution >= 4 is 5.91 Å². The Bertz CT molecular complexity index is 330. The molecule has 0 bridgehead atoms. The van der Waals surface area contributed by atoms with Crippen LogP contribution in [-0.2, 0) is 4.79 Å². The van der Waals surface area contributed by atoms with E-state index in [0.717, 1.165) is 45.4 Å². The predicted molar refractivity (Wildman–Crippen MR) is 79.0 cm³/mol. The monoisotopic (exact) mass is 266 g/mol. The van der Waals surface area contributed by atoms with Gasteiger partial charge in [-0.2, -0.15) is 0 Å². The molecular weight excluding hydrogens is 236 g/mol. The topological polar surface area (TPSA) is 32.3 Å². The third-order valence-corrected chi connectivity index (χ3v) is 5.35. The van der Waals surface area contributed by atoms with Crippen molar-refractivity contribution < 1.29 is 4.79 Å². The van der Waals surface area contributed by atoms with Crippen LogP contribution in [-0.4, -0.2) is 37.0 Å². The molecule has 2 saturated heterocycles. The van der Waals surface area contributed by atoms with Gasteiger partial charge in [-0.3, -0.25) is 4.79 Å². The van der Waals surface area contributed by atoms with E-state index in [1.807, 2.05) is 0 Å². The normalized spacial score (nSPS) is 31.5. The van der Waals surface area contributed by atoms with E-state index >= 15 is 0 Å². The molecule has 3 heteroatoms. The lowest BCUT2D eigenvalue weighted by Gasteiger charge is -2.36. The third-order valence-electron chi connectivity index (χ3n) is 5.35. The molecule has 0 aromatic heterocycles. The van der Waals surface area contributed by atoms with Crippen molar-refractivity contribution in [2.24, 2.45) is 16.7 Å². The Morgan fingerprint density at radius 1 is 1.16 bits per heavy atom. The quantitative estimate of drug-likeness (QED) is 0.833. The lowest BCUT2D eigenvalue weighted by atomic mass is 9.75. The Kier molecular flexibility index (Phi) is 4.24. The fraction of sp³-hybridized carbons (Fsp3) is 0.938. The number of nitrogens with zero attached hydrogens (tertiary/aromatic N) is 1. The molecule has 0 aromatic carbocycles. The van der Waals surface area contributed by atoms with Crippen LogP contribution in [0.1, 0.15) is 53.4 Å². The molecule has 0 saturated carbocycles. The Morgan fingerprint density at radius 2 is 1.89 bits per heavy atom. The summed E-state index contributed by atoms with van der Waals surface area (Å²) < 4.78 is 0. The minimum Gasteiger partial charge on any atom is -0.342 e. The second-order valence-electron chi connectivity index (χ2n) is 7.55. The number of likely N-dealkylation sites (tertiary alicyclic amines) is 1. The number of hydrogen-bond acceptors (Lipinski definition) is 2. The molecule has 0 aromatic rings. The molecule has 0 spiro atoms. The molecule has 1 atom stereocenters. The minimum absolute atomic E-state index is 0.144. The second kappa shape index (κ2) is 5.43. The van der Waals surface area contributed by atoms with Crippen LogP contribution in [0.3, 0.4) is 0 Å². The molecule has 2 aliphatic heterocycles. The number of hydrogen-bond donors (Lipinski definition) is 1. The van der Waals surface area contributed by atoms with Gasteiger partial charge in [-0.25, -0.2) is 0 Å². The Hall–Kier alpha value is -0.570. The van der Waals surface area contributed by atoms with Crippen LogP contribution in [0.5, 0.6) is 0 Å². The molecule has 2 heterocycles. The SMILES string of the molecule is CC(C)C1(C(=O)N2CCCC(C)(C)CC2)CCNC1. The molecule has 3 nitrogen and oxygen atoms in total. The van der Waals surface area contributed by atoms with Crippen molar-refractivity contribution in [2.75, 3.05) is 26.2 Å². The lowest BCUT2D eigenvalue weighted by Crippen LogP contribution is -2.48. The standard InChI is InChI=1S/C16H30N2O/c1-13(2)16(7-9-17-12-16)14(19)18-10-5-6-15(3,4)8-11-18/h13,17H,5-12H2,1-4H3. The van der Waals surface area contributed by atoms with Gasteiger partial charge in [0.2, 0.25) is 5.91 Å². The molecule has 2 aliphatic rings. The molecule has 1 unspecified atom stereocenters. The average Bonchev–Trinajstić information content (AvgIpc) is 2.76. The number of carbonyl (C=O) groups excluding carboxylic acids is 1. The highest BCUT2D eigenvalue weighted by Crippen LogP contribution is 2.38. The maximum absolute atomic E-state index is 13.0. The van der Waals surface area contributed by atoms with E-state index in [1.165, 1.54) is 6.42 Å². The summed E-state index contributed by atoms with van der Waals surface area (Å²) in [5.74, 6) is 0.830. The van der Waals surface area contributed by atoms with Crippen molar-refractivity contribution in [1.82, 2.24) is 10.2 Å². The van der Waals surface area contributed by atoms with Gasteiger partial charge in [0.1, 0.15) is 0 Å². The molecule has 110 valence electrons. The second-order valence-corrected chi connectivity index (χ2v) is 7.55. The van der Waals surface area contributed by atoms with Gasteiger partial charge in [0, 0.05) is 19.6 Å². The van der Waals surface area contributed by atoms with Crippen LogP contribution in [0.15, 0.2) is 0 Å². The maximum atomic E-state index is 13.0. The summed E-state index contributed by atoms with van der Waals surface area (Å²) >= 11 is 0. The summed E-state index contributed by atoms with van der Waals surface area (Å²) in [6, 6.07) is 0. The van der Waals surface area contributed by atoms with Gasteiger partial charge in [0.15, 0.2) is 0 Å². The van der Waals surface area contributed by atoms with Crippen molar-refractivity contribution in [3.05, 3.63) is 0 Å². The van der Waals surface area contributed by atoms with Crippen molar-refractivity contribution in [3.8, 4) is 0 Å². The van der Waals surface area contributed by atoms with Crippen LogP contribution in [0, 0.1) is 16.7 Å². The summed E-state index contributed by atoms with van der Waals surface area (Å²) in [6.45, 7) is 12.8. The van der Waals surface area contributed by atoms with E-state index in [4.69, 9.17) is 0 Å². The summed E-state index contributed by atoms with van der Waals surface area (Å²) in [5, 5.41) is 3.40. The summed E-state index contributed by atoms with van der Waals surface area (Å²) in [7, 11) is 0. The van der Waals surface area contributed by atoms with E-state index in [9.17, 15) is 4.79 Å². The Morgan fingerprint density at radius 3 is 2.47 bits per heavy atom. The van der Waals surface area contributed by atoms with Gasteiger partial charge in [-0.1, -0.05) is 27.7 Å². The first-order chi connectivity index (χ1) is 8.87. The molecular formula is C16H30N2O. The fourth-order valence-corrected chi connectivity index (χ4v) is 3.57. The van der Waals surface area contributed by atoms with Gasteiger partial charge in [-0.05, 0) is 43.6 Å². The van der Waals surface area contributed by atoms with Crippen molar-refractivity contribution in [3.63, 3.8) is 0 Å². The average molecular weight is 266 g/mol. The van der Waals surface area contributed by atoms with Gasteiger partial charge < -0.3 is 10.2 Å². The van der Waals surface area contributed by atoms with Gasteiger partial charge in [0.05, 0.1) is 5.41 Å². The maximum Gasteiger partial charge on any atom is 0.230 e. The first-order valence-corrected chi connectivity index (χ1v) is 7.87. The first-order valence-electron chi connectivity index (χ1n) is 7.87. The van der Waals surface area contributed by atoms with E-state index in [0.29, 0.717) is 17.2 Å². The molecule has 1 amide bonds. The van der Waals surface area contributed by atoms with E-state index < -0.39 is 0 Å². The van der Waals surface area contributed by atoms with Crippen molar-refractivity contribution in [2.45, 2.75) is 53.4 Å². The Balaban J connectivity index is 2.10. The first kappa shape index (κ1) is 14.8. The summed E-state index contributed by atoms with van der Waals surface area (Å²) in [6.07, 6.45) is 4.54. The van der Waals surface area contributed by atoms with Gasteiger partial charge in [-0.15, -0.1) is 0 Å². The minimum atomic E-state index is -0.144. The van der Waals surface area contributed by atoms with E-state index in [-0.39, 0.29) is 5.41 Å². The molecule has 2 rings (SSSR count). The molecule has 0 aliphatic carbocycles. The van der Waals surface area contributed by atoms with E-state index in [1.54, 1.807) is 0 Å². The smallest absolute Gasteiger partial charge is 0.230 e. The van der Waals surface area contributed by atoms with E-state index in [2.05, 4.69) is 37.9 Å². The van der Waals surface area contributed by atoms with Crippen molar-refractivity contribution in [1.29, 1.82) is 0 Å². The zero-order valence-corrected chi connectivity index (χ0v) is 13.1.